The van der Waals surface area contributed by atoms with E-state index in [9.17, 15) is 13.6 Å². The number of nitrogens with zero attached hydrogens (tertiary/aromatic N) is 3. The Morgan fingerprint density at radius 2 is 2.04 bits per heavy atom. The molecule has 144 valence electrons. The van der Waals surface area contributed by atoms with E-state index < -0.39 is 18.9 Å². The van der Waals surface area contributed by atoms with Gasteiger partial charge in [0.25, 0.3) is 12.3 Å². The van der Waals surface area contributed by atoms with Crippen molar-refractivity contribution in [3.05, 3.63) is 41.7 Å². The van der Waals surface area contributed by atoms with E-state index >= 15 is 0 Å². The molecule has 0 bridgehead atoms. The molecule has 1 aliphatic heterocycles. The summed E-state index contributed by atoms with van der Waals surface area (Å²) in [5.41, 5.74) is 1.29. The Bertz CT molecular complexity index is 798. The van der Waals surface area contributed by atoms with Crippen molar-refractivity contribution in [2.45, 2.75) is 13.3 Å². The Balaban J connectivity index is 1.67. The van der Waals surface area contributed by atoms with Crippen LogP contribution in [0.4, 0.5) is 20.3 Å². The first kappa shape index (κ1) is 19.0. The van der Waals surface area contributed by atoms with Gasteiger partial charge >= 0.3 is 0 Å². The van der Waals surface area contributed by atoms with Crippen LogP contribution in [0.2, 0.25) is 0 Å². The van der Waals surface area contributed by atoms with Crippen LogP contribution in [0, 0.1) is 6.92 Å². The van der Waals surface area contributed by atoms with Gasteiger partial charge in [-0.2, -0.15) is 0 Å². The number of carbonyl (C=O) groups is 1. The number of ether oxygens (including phenoxy) is 2. The normalized spacial score (nSPS) is 14.3. The summed E-state index contributed by atoms with van der Waals surface area (Å²) in [5.74, 6) is 0.330. The van der Waals surface area contributed by atoms with Gasteiger partial charge in [-0.3, -0.25) is 4.79 Å². The molecule has 2 aromatic rings. The molecule has 0 aromatic carbocycles. The Morgan fingerprint density at radius 3 is 2.74 bits per heavy atom. The smallest absolute Gasteiger partial charge is 0.274 e. The molecule has 1 saturated heterocycles. The summed E-state index contributed by atoms with van der Waals surface area (Å²) in [5, 5.41) is 2.74. The minimum absolute atomic E-state index is 0.0273. The highest BCUT2D eigenvalue weighted by atomic mass is 19.3. The van der Waals surface area contributed by atoms with Gasteiger partial charge in [0.15, 0.2) is 6.61 Å². The molecular formula is C18H20F2N4O3. The quantitative estimate of drug-likeness (QED) is 0.832. The largest absolute Gasteiger partial charge is 0.472 e. The van der Waals surface area contributed by atoms with E-state index in [1.165, 1.54) is 18.2 Å². The number of nitrogens with one attached hydrogen (secondary N) is 1. The second kappa shape index (κ2) is 8.72. The predicted octanol–water partition coefficient (Wildman–Crippen LogP) is 2.52. The summed E-state index contributed by atoms with van der Waals surface area (Å²) in [7, 11) is 0. The molecular weight excluding hydrogens is 358 g/mol. The second-order valence-corrected chi connectivity index (χ2v) is 5.92. The molecule has 0 saturated carbocycles. The number of morpholine rings is 1. The molecule has 0 atom stereocenters. The zero-order valence-electron chi connectivity index (χ0n) is 14.8. The number of amides is 1. The fourth-order valence-corrected chi connectivity index (χ4v) is 2.60. The maximum atomic E-state index is 12.4. The highest BCUT2D eigenvalue weighted by molar-refractivity contribution is 6.03. The molecule has 2 aromatic heterocycles. The maximum absolute atomic E-state index is 12.4. The fraction of sp³-hybridized carbons (Fsp3) is 0.389. The van der Waals surface area contributed by atoms with Crippen LogP contribution >= 0.6 is 0 Å². The standard InChI is InChI=1S/C18H20F2N4O3/c1-12-13(5-6-16(21-12)24-7-9-26-10-8-24)23-18(25)14-3-2-4-17(22-14)27-11-15(19)20/h2-6,15H,7-11H2,1H3,(H,23,25). The number of hydrogen-bond acceptors (Lipinski definition) is 6. The molecule has 0 radical (unpaired) electrons. The Morgan fingerprint density at radius 1 is 1.26 bits per heavy atom. The van der Waals surface area contributed by atoms with Crippen LogP contribution in [-0.4, -0.2) is 55.2 Å². The van der Waals surface area contributed by atoms with E-state index in [1.54, 1.807) is 13.0 Å². The zero-order valence-corrected chi connectivity index (χ0v) is 14.8. The summed E-state index contributed by atoms with van der Waals surface area (Å²) < 4.78 is 34.6. The average molecular weight is 378 g/mol. The van der Waals surface area contributed by atoms with Crippen LogP contribution in [0.15, 0.2) is 30.3 Å². The van der Waals surface area contributed by atoms with Crippen LogP contribution in [0.5, 0.6) is 5.88 Å². The number of alkyl halides is 2. The fourth-order valence-electron chi connectivity index (χ4n) is 2.60. The number of rotatable bonds is 6. The van der Waals surface area contributed by atoms with E-state index in [0.717, 1.165) is 18.9 Å². The first-order chi connectivity index (χ1) is 13.0. The third-order valence-corrected chi connectivity index (χ3v) is 3.97. The van der Waals surface area contributed by atoms with Crippen molar-refractivity contribution in [1.29, 1.82) is 0 Å². The van der Waals surface area contributed by atoms with Gasteiger partial charge in [0.1, 0.15) is 11.5 Å². The summed E-state index contributed by atoms with van der Waals surface area (Å²) in [6.45, 7) is 3.89. The van der Waals surface area contributed by atoms with Crippen molar-refractivity contribution in [2.24, 2.45) is 0 Å². The highest BCUT2D eigenvalue weighted by Crippen LogP contribution is 2.20. The predicted molar refractivity (Wildman–Crippen MR) is 95.7 cm³/mol. The van der Waals surface area contributed by atoms with Gasteiger partial charge in [-0.05, 0) is 25.1 Å². The van der Waals surface area contributed by atoms with E-state index in [4.69, 9.17) is 9.47 Å². The lowest BCUT2D eigenvalue weighted by molar-refractivity contribution is 0.0794. The van der Waals surface area contributed by atoms with Crippen molar-refractivity contribution in [1.82, 2.24) is 9.97 Å². The lowest BCUT2D eigenvalue weighted by Gasteiger charge is -2.28. The first-order valence-electron chi connectivity index (χ1n) is 8.52. The monoisotopic (exact) mass is 378 g/mol. The molecule has 0 unspecified atom stereocenters. The number of hydrogen-bond donors (Lipinski definition) is 1. The van der Waals surface area contributed by atoms with E-state index in [-0.39, 0.29) is 11.6 Å². The van der Waals surface area contributed by atoms with Gasteiger partial charge < -0.3 is 19.7 Å². The molecule has 9 heteroatoms. The number of aryl methyl sites for hydroxylation is 1. The lowest BCUT2D eigenvalue weighted by atomic mass is 10.2. The van der Waals surface area contributed by atoms with Gasteiger partial charge in [-0.1, -0.05) is 6.07 Å². The topological polar surface area (TPSA) is 76.6 Å². The van der Waals surface area contributed by atoms with Gasteiger partial charge in [0, 0.05) is 19.2 Å². The van der Waals surface area contributed by atoms with Gasteiger partial charge in [-0.15, -0.1) is 0 Å². The molecule has 1 amide bonds. The van der Waals surface area contributed by atoms with Gasteiger partial charge in [0.05, 0.1) is 24.6 Å². The minimum atomic E-state index is -2.61. The van der Waals surface area contributed by atoms with E-state index in [2.05, 4.69) is 20.2 Å². The molecule has 7 nitrogen and oxygen atoms in total. The summed E-state index contributed by atoms with van der Waals surface area (Å²) in [4.78, 5) is 23.0. The van der Waals surface area contributed by atoms with Crippen LogP contribution in [0.1, 0.15) is 16.2 Å². The van der Waals surface area contributed by atoms with Crippen LogP contribution in [-0.2, 0) is 4.74 Å². The Labute approximate surface area is 155 Å². The first-order valence-corrected chi connectivity index (χ1v) is 8.52. The highest BCUT2D eigenvalue weighted by Gasteiger charge is 2.15. The zero-order chi connectivity index (χ0) is 19.2. The Hall–Kier alpha value is -2.81. The van der Waals surface area contributed by atoms with Crippen LogP contribution < -0.4 is 15.0 Å². The number of anilines is 2. The third-order valence-electron chi connectivity index (χ3n) is 3.97. The number of aromatic nitrogens is 2. The van der Waals surface area contributed by atoms with Crippen LogP contribution in [0.25, 0.3) is 0 Å². The van der Waals surface area contributed by atoms with Crippen molar-refractivity contribution in [3.63, 3.8) is 0 Å². The number of carbonyl (C=O) groups excluding carboxylic acids is 1. The molecule has 3 heterocycles. The molecule has 27 heavy (non-hydrogen) atoms. The molecule has 0 aliphatic carbocycles. The number of halogens is 2. The van der Waals surface area contributed by atoms with E-state index in [0.29, 0.717) is 24.6 Å². The molecule has 0 spiro atoms. The van der Waals surface area contributed by atoms with Gasteiger partial charge in [0.2, 0.25) is 5.88 Å². The van der Waals surface area contributed by atoms with Crippen molar-refractivity contribution in [2.75, 3.05) is 43.1 Å². The third kappa shape index (κ3) is 5.10. The van der Waals surface area contributed by atoms with Crippen molar-refractivity contribution in [3.8, 4) is 5.88 Å². The summed E-state index contributed by atoms with van der Waals surface area (Å²) in [6, 6.07) is 8.04. The average Bonchev–Trinajstić information content (AvgIpc) is 2.68. The minimum Gasteiger partial charge on any atom is -0.472 e. The maximum Gasteiger partial charge on any atom is 0.274 e. The lowest BCUT2D eigenvalue weighted by Crippen LogP contribution is -2.36. The molecule has 1 N–H and O–H groups in total. The van der Waals surface area contributed by atoms with E-state index in [1.807, 2.05) is 6.07 Å². The van der Waals surface area contributed by atoms with Crippen molar-refractivity contribution < 1.29 is 23.0 Å². The summed E-state index contributed by atoms with van der Waals surface area (Å²) in [6.07, 6.45) is -2.61. The van der Waals surface area contributed by atoms with Crippen molar-refractivity contribution >= 4 is 17.4 Å². The van der Waals surface area contributed by atoms with Crippen LogP contribution in [0.3, 0.4) is 0 Å². The second-order valence-electron chi connectivity index (χ2n) is 5.92. The molecule has 1 fully saturated rings. The molecule has 1 aliphatic rings. The summed E-state index contributed by atoms with van der Waals surface area (Å²) >= 11 is 0. The SMILES string of the molecule is Cc1nc(N2CCOCC2)ccc1NC(=O)c1cccc(OCC(F)F)n1. The number of pyridine rings is 2. The molecule has 3 rings (SSSR count). The van der Waals surface area contributed by atoms with Gasteiger partial charge in [-0.25, -0.2) is 18.7 Å². The Kier molecular flexibility index (Phi) is 6.12.